The lowest BCUT2D eigenvalue weighted by Gasteiger charge is -2.12. The van der Waals surface area contributed by atoms with Crippen LogP contribution < -0.4 is 15.4 Å². The van der Waals surface area contributed by atoms with Gasteiger partial charge in [-0.05, 0) is 30.2 Å². The summed E-state index contributed by atoms with van der Waals surface area (Å²) in [6.45, 7) is 2.75. The number of aromatic nitrogens is 1. The van der Waals surface area contributed by atoms with Crippen LogP contribution in [0.15, 0.2) is 41.4 Å². The van der Waals surface area contributed by atoms with Gasteiger partial charge >= 0.3 is 0 Å². The molecule has 0 fully saturated rings. The zero-order chi connectivity index (χ0) is 16.7. The van der Waals surface area contributed by atoms with E-state index in [1.807, 2.05) is 18.2 Å². The van der Waals surface area contributed by atoms with Crippen molar-refractivity contribution < 1.29 is 9.13 Å². The molecular formula is C17H21FN4O. The number of ether oxygens (including phenoxy) is 1. The second-order valence-corrected chi connectivity index (χ2v) is 5.03. The largest absolute Gasteiger partial charge is 0.481 e. The van der Waals surface area contributed by atoms with Crippen molar-refractivity contribution >= 4 is 5.96 Å². The first-order valence-corrected chi connectivity index (χ1v) is 7.32. The molecule has 0 aliphatic carbocycles. The fourth-order valence-corrected chi connectivity index (χ4v) is 2.00. The standard InChI is InChI=1S/C17H21FN4O/c1-12-7-8-13(9-15(12)18)10-20-17(19-2)21-11-14-5-4-6-16(22-14)23-3/h4-9H,10-11H2,1-3H3,(H2,19,20,21). The smallest absolute Gasteiger partial charge is 0.213 e. The Morgan fingerprint density at radius 2 is 2.00 bits per heavy atom. The second-order valence-electron chi connectivity index (χ2n) is 5.03. The van der Waals surface area contributed by atoms with Crippen LogP contribution in [0.2, 0.25) is 0 Å². The molecular weight excluding hydrogens is 295 g/mol. The Kier molecular flexibility index (Phi) is 5.91. The molecule has 1 aromatic heterocycles. The van der Waals surface area contributed by atoms with Gasteiger partial charge in [-0.15, -0.1) is 0 Å². The van der Waals surface area contributed by atoms with E-state index < -0.39 is 0 Å². The first-order chi connectivity index (χ1) is 11.1. The number of halogens is 1. The van der Waals surface area contributed by atoms with E-state index in [2.05, 4.69) is 20.6 Å². The van der Waals surface area contributed by atoms with E-state index in [9.17, 15) is 4.39 Å². The lowest BCUT2D eigenvalue weighted by Crippen LogP contribution is -2.36. The number of pyridine rings is 1. The molecule has 0 spiro atoms. The van der Waals surface area contributed by atoms with E-state index in [0.717, 1.165) is 11.3 Å². The summed E-state index contributed by atoms with van der Waals surface area (Å²) in [7, 11) is 3.27. The number of rotatable bonds is 5. The van der Waals surface area contributed by atoms with Gasteiger partial charge in [0, 0.05) is 19.7 Å². The van der Waals surface area contributed by atoms with Gasteiger partial charge in [-0.25, -0.2) is 9.37 Å². The summed E-state index contributed by atoms with van der Waals surface area (Å²) < 4.78 is 18.6. The van der Waals surface area contributed by atoms with E-state index in [-0.39, 0.29) is 5.82 Å². The lowest BCUT2D eigenvalue weighted by molar-refractivity contribution is 0.396. The van der Waals surface area contributed by atoms with Crippen molar-refractivity contribution in [2.75, 3.05) is 14.2 Å². The summed E-state index contributed by atoms with van der Waals surface area (Å²) in [5.74, 6) is 0.991. The highest BCUT2D eigenvalue weighted by atomic mass is 19.1. The van der Waals surface area contributed by atoms with E-state index in [1.54, 1.807) is 33.2 Å². The maximum atomic E-state index is 13.5. The number of benzene rings is 1. The number of aliphatic imine (C=N–C) groups is 1. The first-order valence-electron chi connectivity index (χ1n) is 7.32. The molecule has 122 valence electrons. The van der Waals surface area contributed by atoms with Crippen molar-refractivity contribution in [2.24, 2.45) is 4.99 Å². The summed E-state index contributed by atoms with van der Waals surface area (Å²) in [4.78, 5) is 8.46. The molecule has 0 saturated carbocycles. The third-order valence-electron chi connectivity index (χ3n) is 3.35. The number of methoxy groups -OCH3 is 1. The maximum Gasteiger partial charge on any atom is 0.213 e. The predicted octanol–water partition coefficient (Wildman–Crippen LogP) is 2.40. The van der Waals surface area contributed by atoms with E-state index in [1.165, 1.54) is 6.07 Å². The molecule has 0 saturated heterocycles. The van der Waals surface area contributed by atoms with E-state index in [0.29, 0.717) is 30.5 Å². The van der Waals surface area contributed by atoms with Crippen LogP contribution in [0.5, 0.6) is 5.88 Å². The van der Waals surface area contributed by atoms with Crippen molar-refractivity contribution in [3.05, 3.63) is 59.0 Å². The molecule has 23 heavy (non-hydrogen) atoms. The molecule has 0 unspecified atom stereocenters. The molecule has 0 bridgehead atoms. The molecule has 1 heterocycles. The molecule has 6 heteroatoms. The zero-order valence-corrected chi connectivity index (χ0v) is 13.6. The second kappa shape index (κ2) is 8.12. The molecule has 0 aliphatic rings. The summed E-state index contributed by atoms with van der Waals surface area (Å²) in [5, 5.41) is 6.30. The number of nitrogens with zero attached hydrogens (tertiary/aromatic N) is 2. The first kappa shape index (κ1) is 16.7. The fraction of sp³-hybridized carbons (Fsp3) is 0.294. The number of guanidine groups is 1. The number of aryl methyl sites for hydroxylation is 1. The average molecular weight is 316 g/mol. The minimum absolute atomic E-state index is 0.201. The predicted molar refractivity (Wildman–Crippen MR) is 89.0 cm³/mol. The zero-order valence-electron chi connectivity index (χ0n) is 13.6. The maximum absolute atomic E-state index is 13.5. The minimum atomic E-state index is -0.201. The Labute approximate surface area is 135 Å². The van der Waals surface area contributed by atoms with Crippen LogP contribution in [0.4, 0.5) is 4.39 Å². The van der Waals surface area contributed by atoms with Gasteiger partial charge in [-0.2, -0.15) is 0 Å². The highest BCUT2D eigenvalue weighted by Gasteiger charge is 2.03. The molecule has 1 aromatic carbocycles. The Morgan fingerprint density at radius 1 is 1.22 bits per heavy atom. The molecule has 2 N–H and O–H groups in total. The van der Waals surface area contributed by atoms with Crippen LogP contribution in [-0.4, -0.2) is 25.1 Å². The number of hydrogen-bond donors (Lipinski definition) is 2. The van der Waals surface area contributed by atoms with Gasteiger partial charge in [-0.3, -0.25) is 4.99 Å². The highest BCUT2D eigenvalue weighted by Crippen LogP contribution is 2.09. The Morgan fingerprint density at radius 3 is 2.70 bits per heavy atom. The third kappa shape index (κ3) is 4.95. The highest BCUT2D eigenvalue weighted by molar-refractivity contribution is 5.79. The number of nitrogens with one attached hydrogen (secondary N) is 2. The summed E-state index contributed by atoms with van der Waals surface area (Å²) in [6, 6.07) is 10.8. The Bertz CT molecular complexity index is 688. The van der Waals surface area contributed by atoms with Gasteiger partial charge in [0.05, 0.1) is 19.3 Å². The minimum Gasteiger partial charge on any atom is -0.481 e. The van der Waals surface area contributed by atoms with Crippen molar-refractivity contribution in [1.82, 2.24) is 15.6 Å². The van der Waals surface area contributed by atoms with E-state index >= 15 is 0 Å². The van der Waals surface area contributed by atoms with Gasteiger partial charge in [0.25, 0.3) is 0 Å². The Hall–Kier alpha value is -2.63. The normalized spacial score (nSPS) is 11.2. The molecule has 0 atom stereocenters. The molecule has 0 radical (unpaired) electrons. The van der Waals surface area contributed by atoms with Crippen LogP contribution in [0.3, 0.4) is 0 Å². The van der Waals surface area contributed by atoms with Gasteiger partial charge in [0.1, 0.15) is 5.82 Å². The third-order valence-corrected chi connectivity index (χ3v) is 3.35. The molecule has 2 rings (SSSR count). The summed E-state index contributed by atoms with van der Waals surface area (Å²) >= 11 is 0. The number of hydrogen-bond acceptors (Lipinski definition) is 3. The Balaban J connectivity index is 1.89. The average Bonchev–Trinajstić information content (AvgIpc) is 2.58. The van der Waals surface area contributed by atoms with Gasteiger partial charge < -0.3 is 15.4 Å². The fourth-order valence-electron chi connectivity index (χ4n) is 2.00. The van der Waals surface area contributed by atoms with Crippen molar-refractivity contribution in [3.63, 3.8) is 0 Å². The van der Waals surface area contributed by atoms with Crippen LogP contribution in [0.25, 0.3) is 0 Å². The SMILES string of the molecule is CN=C(NCc1ccc(C)c(F)c1)NCc1cccc(OC)n1. The summed E-state index contributed by atoms with van der Waals surface area (Å²) in [6.07, 6.45) is 0. The van der Waals surface area contributed by atoms with Crippen molar-refractivity contribution in [3.8, 4) is 5.88 Å². The molecule has 0 amide bonds. The van der Waals surface area contributed by atoms with Crippen LogP contribution in [0, 0.1) is 12.7 Å². The molecule has 0 aliphatic heterocycles. The van der Waals surface area contributed by atoms with Gasteiger partial charge in [-0.1, -0.05) is 18.2 Å². The van der Waals surface area contributed by atoms with Crippen LogP contribution >= 0.6 is 0 Å². The van der Waals surface area contributed by atoms with Crippen LogP contribution in [0.1, 0.15) is 16.8 Å². The van der Waals surface area contributed by atoms with Gasteiger partial charge in [0.2, 0.25) is 5.88 Å². The topological polar surface area (TPSA) is 58.5 Å². The lowest BCUT2D eigenvalue weighted by atomic mass is 10.1. The monoisotopic (exact) mass is 316 g/mol. The quantitative estimate of drug-likeness (QED) is 0.657. The van der Waals surface area contributed by atoms with Crippen LogP contribution in [-0.2, 0) is 13.1 Å². The molecule has 2 aromatic rings. The summed E-state index contributed by atoms with van der Waals surface area (Å²) in [5.41, 5.74) is 2.34. The van der Waals surface area contributed by atoms with Gasteiger partial charge in [0.15, 0.2) is 5.96 Å². The van der Waals surface area contributed by atoms with E-state index in [4.69, 9.17) is 4.74 Å². The van der Waals surface area contributed by atoms with Crippen molar-refractivity contribution in [2.45, 2.75) is 20.0 Å². The molecule has 5 nitrogen and oxygen atoms in total. The van der Waals surface area contributed by atoms with Crippen molar-refractivity contribution in [1.29, 1.82) is 0 Å².